The lowest BCUT2D eigenvalue weighted by Gasteiger charge is -2.33. The van der Waals surface area contributed by atoms with E-state index in [1.807, 2.05) is 0 Å². The van der Waals surface area contributed by atoms with Crippen LogP contribution in [0.2, 0.25) is 0 Å². The summed E-state index contributed by atoms with van der Waals surface area (Å²) in [4.78, 5) is 18.5. The zero-order valence-corrected chi connectivity index (χ0v) is 14.0. The highest BCUT2D eigenvalue weighted by atomic mass is 79.9. The molecule has 116 valence electrons. The van der Waals surface area contributed by atoms with E-state index in [-0.39, 0.29) is 11.7 Å². The average Bonchev–Trinajstić information content (AvgIpc) is 2.47. The van der Waals surface area contributed by atoms with Gasteiger partial charge in [-0.3, -0.25) is 4.79 Å². The number of nitrogen functional groups attached to an aromatic ring is 1. The number of rotatable bonds is 5. The Morgan fingerprint density at radius 3 is 3.14 bits per heavy atom. The third-order valence-electron chi connectivity index (χ3n) is 3.98. The predicted molar refractivity (Wildman–Crippen MR) is 88.2 cm³/mol. The number of anilines is 1. The SMILES string of the molecule is CC1CCCCN1CCCNC(=O)c1cc(Br)cnc1N. The monoisotopic (exact) mass is 354 g/mol. The van der Waals surface area contributed by atoms with E-state index in [1.54, 1.807) is 12.3 Å². The van der Waals surface area contributed by atoms with Crippen LogP contribution in [0.25, 0.3) is 0 Å². The van der Waals surface area contributed by atoms with Gasteiger partial charge >= 0.3 is 0 Å². The minimum Gasteiger partial charge on any atom is -0.383 e. The van der Waals surface area contributed by atoms with Crippen molar-refractivity contribution < 1.29 is 4.79 Å². The summed E-state index contributed by atoms with van der Waals surface area (Å²) < 4.78 is 0.754. The van der Waals surface area contributed by atoms with E-state index in [4.69, 9.17) is 5.73 Å². The molecule has 0 radical (unpaired) electrons. The molecule has 2 heterocycles. The van der Waals surface area contributed by atoms with Crippen molar-refractivity contribution in [1.29, 1.82) is 0 Å². The fraction of sp³-hybridized carbons (Fsp3) is 0.600. The van der Waals surface area contributed by atoms with Crippen molar-refractivity contribution in [2.75, 3.05) is 25.4 Å². The topological polar surface area (TPSA) is 71.2 Å². The van der Waals surface area contributed by atoms with Crippen molar-refractivity contribution in [3.05, 3.63) is 22.3 Å². The molecule has 5 nitrogen and oxygen atoms in total. The van der Waals surface area contributed by atoms with E-state index >= 15 is 0 Å². The van der Waals surface area contributed by atoms with Gasteiger partial charge in [0.2, 0.25) is 0 Å². The lowest BCUT2D eigenvalue weighted by atomic mass is 10.0. The molecule has 21 heavy (non-hydrogen) atoms. The first kappa shape index (κ1) is 16.2. The van der Waals surface area contributed by atoms with Crippen molar-refractivity contribution in [3.8, 4) is 0 Å². The van der Waals surface area contributed by atoms with Crippen LogP contribution in [-0.2, 0) is 0 Å². The number of halogens is 1. The highest BCUT2D eigenvalue weighted by Crippen LogP contribution is 2.17. The Bertz CT molecular complexity index is 495. The molecule has 1 aliphatic heterocycles. The zero-order valence-electron chi connectivity index (χ0n) is 12.4. The highest BCUT2D eigenvalue weighted by molar-refractivity contribution is 9.10. The average molecular weight is 355 g/mol. The summed E-state index contributed by atoms with van der Waals surface area (Å²) in [5, 5.41) is 2.91. The third-order valence-corrected chi connectivity index (χ3v) is 4.41. The molecule has 0 aromatic carbocycles. The highest BCUT2D eigenvalue weighted by Gasteiger charge is 2.17. The molecule has 0 spiro atoms. The van der Waals surface area contributed by atoms with Gasteiger partial charge in [-0.1, -0.05) is 6.42 Å². The second-order valence-electron chi connectivity index (χ2n) is 5.58. The lowest BCUT2D eigenvalue weighted by Crippen LogP contribution is -2.39. The van der Waals surface area contributed by atoms with Crippen LogP contribution in [0.1, 0.15) is 43.0 Å². The summed E-state index contributed by atoms with van der Waals surface area (Å²) in [5.74, 6) is 0.105. The first-order valence-electron chi connectivity index (χ1n) is 7.51. The van der Waals surface area contributed by atoms with Crippen molar-refractivity contribution in [2.45, 2.75) is 38.6 Å². The molecule has 1 fully saturated rings. The van der Waals surface area contributed by atoms with E-state index in [1.165, 1.54) is 25.8 Å². The molecule has 0 bridgehead atoms. The molecular weight excluding hydrogens is 332 g/mol. The van der Waals surface area contributed by atoms with Crippen LogP contribution in [0.3, 0.4) is 0 Å². The van der Waals surface area contributed by atoms with E-state index in [0.717, 1.165) is 17.4 Å². The maximum atomic E-state index is 12.1. The van der Waals surface area contributed by atoms with Crippen molar-refractivity contribution in [2.24, 2.45) is 0 Å². The molecule has 1 amide bonds. The zero-order chi connectivity index (χ0) is 15.2. The molecule has 3 N–H and O–H groups in total. The Hall–Kier alpha value is -1.14. The first-order chi connectivity index (χ1) is 10.1. The molecule has 2 rings (SSSR count). The summed E-state index contributed by atoms with van der Waals surface area (Å²) in [5.41, 5.74) is 6.16. The maximum Gasteiger partial charge on any atom is 0.255 e. The number of nitrogens with zero attached hydrogens (tertiary/aromatic N) is 2. The van der Waals surface area contributed by atoms with E-state index in [9.17, 15) is 4.79 Å². The van der Waals surface area contributed by atoms with Crippen LogP contribution in [0.4, 0.5) is 5.82 Å². The molecule has 1 saturated heterocycles. The van der Waals surface area contributed by atoms with Gasteiger partial charge in [-0.15, -0.1) is 0 Å². The van der Waals surface area contributed by atoms with Gasteiger partial charge in [0.15, 0.2) is 0 Å². The van der Waals surface area contributed by atoms with Gasteiger partial charge in [-0.2, -0.15) is 0 Å². The number of hydrogen-bond acceptors (Lipinski definition) is 4. The maximum absolute atomic E-state index is 12.1. The molecule has 1 aromatic heterocycles. The van der Waals surface area contributed by atoms with Gasteiger partial charge in [-0.25, -0.2) is 4.98 Å². The number of piperidine rings is 1. The second kappa shape index (κ2) is 7.75. The Morgan fingerprint density at radius 2 is 2.38 bits per heavy atom. The number of carbonyl (C=O) groups excluding carboxylic acids is 1. The minimum absolute atomic E-state index is 0.159. The molecule has 6 heteroatoms. The Morgan fingerprint density at radius 1 is 1.57 bits per heavy atom. The standard InChI is InChI=1S/C15H23BrN4O/c1-11-5-2-3-7-20(11)8-4-6-18-15(21)13-9-12(16)10-19-14(13)17/h9-11H,2-8H2,1H3,(H2,17,19)(H,18,21). The van der Waals surface area contributed by atoms with Crippen LogP contribution in [-0.4, -0.2) is 41.5 Å². The fourth-order valence-corrected chi connectivity index (χ4v) is 3.03. The fourth-order valence-electron chi connectivity index (χ4n) is 2.70. The largest absolute Gasteiger partial charge is 0.383 e. The Kier molecular flexibility index (Phi) is 5.99. The summed E-state index contributed by atoms with van der Waals surface area (Å²) in [7, 11) is 0. The van der Waals surface area contributed by atoms with Crippen LogP contribution in [0.5, 0.6) is 0 Å². The van der Waals surface area contributed by atoms with Crippen LogP contribution >= 0.6 is 15.9 Å². The summed E-state index contributed by atoms with van der Waals surface area (Å²) in [6.07, 6.45) is 6.45. The normalized spacial score (nSPS) is 19.4. The smallest absolute Gasteiger partial charge is 0.255 e. The number of nitrogens with one attached hydrogen (secondary N) is 1. The molecular formula is C15H23BrN4O. The summed E-state index contributed by atoms with van der Waals surface area (Å²) >= 11 is 3.30. The molecule has 0 saturated carbocycles. The van der Waals surface area contributed by atoms with Gasteiger partial charge in [0.05, 0.1) is 5.56 Å². The summed E-state index contributed by atoms with van der Waals surface area (Å²) in [6, 6.07) is 2.36. The Labute approximate surface area is 134 Å². The number of pyridine rings is 1. The van der Waals surface area contributed by atoms with E-state index < -0.39 is 0 Å². The predicted octanol–water partition coefficient (Wildman–Crippen LogP) is 2.42. The quantitative estimate of drug-likeness (QED) is 0.796. The van der Waals surface area contributed by atoms with Gasteiger partial charge in [0.1, 0.15) is 5.82 Å². The van der Waals surface area contributed by atoms with E-state index in [0.29, 0.717) is 18.2 Å². The third kappa shape index (κ3) is 4.68. The van der Waals surface area contributed by atoms with Crippen LogP contribution in [0.15, 0.2) is 16.7 Å². The number of nitrogens with two attached hydrogens (primary N) is 1. The molecule has 1 aromatic rings. The van der Waals surface area contributed by atoms with Gasteiger partial charge in [0.25, 0.3) is 5.91 Å². The van der Waals surface area contributed by atoms with Crippen LogP contribution in [0, 0.1) is 0 Å². The number of carbonyl (C=O) groups is 1. The first-order valence-corrected chi connectivity index (χ1v) is 8.30. The minimum atomic E-state index is -0.159. The number of likely N-dealkylation sites (tertiary alicyclic amines) is 1. The van der Waals surface area contributed by atoms with Gasteiger partial charge in [0, 0.05) is 29.8 Å². The summed E-state index contributed by atoms with van der Waals surface area (Å²) in [6.45, 7) is 5.16. The molecule has 1 atom stereocenters. The second-order valence-corrected chi connectivity index (χ2v) is 6.49. The Balaban J connectivity index is 1.75. The van der Waals surface area contributed by atoms with Crippen molar-refractivity contribution in [3.63, 3.8) is 0 Å². The van der Waals surface area contributed by atoms with Crippen molar-refractivity contribution >= 4 is 27.7 Å². The van der Waals surface area contributed by atoms with Crippen molar-refractivity contribution in [1.82, 2.24) is 15.2 Å². The van der Waals surface area contributed by atoms with E-state index in [2.05, 4.69) is 38.1 Å². The van der Waals surface area contributed by atoms with Gasteiger partial charge in [-0.05, 0) is 54.7 Å². The molecule has 1 unspecified atom stereocenters. The number of hydrogen-bond donors (Lipinski definition) is 2. The molecule has 0 aliphatic carbocycles. The van der Waals surface area contributed by atoms with Gasteiger partial charge < -0.3 is 16.0 Å². The lowest BCUT2D eigenvalue weighted by molar-refractivity contribution is 0.0949. The molecule has 1 aliphatic rings. The van der Waals surface area contributed by atoms with Crippen LogP contribution < -0.4 is 11.1 Å². The number of amides is 1. The number of aromatic nitrogens is 1.